The Kier molecular flexibility index (Phi) is 5.70. The number of aryl methyl sites for hydroxylation is 1. The molecule has 0 bridgehead atoms. The van der Waals surface area contributed by atoms with Crippen LogP contribution in [0.1, 0.15) is 29.3 Å². The Morgan fingerprint density at radius 2 is 1.89 bits per heavy atom. The van der Waals surface area contributed by atoms with Crippen LogP contribution < -0.4 is 4.90 Å². The lowest BCUT2D eigenvalue weighted by molar-refractivity contribution is 0.0730. The van der Waals surface area contributed by atoms with Gasteiger partial charge in [0.15, 0.2) is 5.82 Å². The zero-order valence-electron chi connectivity index (χ0n) is 17.9. The zero-order chi connectivity index (χ0) is 20.5. The third-order valence-corrected chi connectivity index (χ3v) is 5.47. The number of likely N-dealkylation sites (tertiary alicyclic amines) is 1. The molecule has 1 amide bonds. The maximum atomic E-state index is 12.9. The summed E-state index contributed by atoms with van der Waals surface area (Å²) in [6, 6.07) is 7.60. The van der Waals surface area contributed by atoms with E-state index in [-0.39, 0.29) is 11.3 Å². The average molecular weight is 382 g/mol. The molecule has 2 heterocycles. The van der Waals surface area contributed by atoms with Crippen molar-refractivity contribution in [2.75, 3.05) is 52.7 Å². The molecule has 6 nitrogen and oxygen atoms in total. The van der Waals surface area contributed by atoms with Crippen LogP contribution in [-0.4, -0.2) is 73.5 Å². The molecule has 0 radical (unpaired) electrons. The summed E-state index contributed by atoms with van der Waals surface area (Å²) < 4.78 is 0. The molecule has 6 heteroatoms. The average Bonchev–Trinajstić information content (AvgIpc) is 2.99. The summed E-state index contributed by atoms with van der Waals surface area (Å²) in [5.74, 6) is 1.63. The highest BCUT2D eigenvalue weighted by Crippen LogP contribution is 2.30. The monoisotopic (exact) mass is 381 g/mol. The van der Waals surface area contributed by atoms with Crippen molar-refractivity contribution < 1.29 is 4.79 Å². The van der Waals surface area contributed by atoms with Gasteiger partial charge in [-0.05, 0) is 44.5 Å². The first kappa shape index (κ1) is 20.3. The van der Waals surface area contributed by atoms with Crippen LogP contribution in [0, 0.1) is 12.3 Å². The Morgan fingerprint density at radius 3 is 2.46 bits per heavy atom. The van der Waals surface area contributed by atoms with Crippen molar-refractivity contribution in [3.8, 4) is 11.4 Å². The molecule has 0 aliphatic carbocycles. The summed E-state index contributed by atoms with van der Waals surface area (Å²) >= 11 is 0. The van der Waals surface area contributed by atoms with Gasteiger partial charge in [-0.25, -0.2) is 9.97 Å². The Bertz CT molecular complexity index is 849. The van der Waals surface area contributed by atoms with E-state index in [1.807, 2.05) is 68.3 Å². The first-order valence-corrected chi connectivity index (χ1v) is 9.74. The molecule has 0 saturated carbocycles. The zero-order valence-corrected chi connectivity index (χ0v) is 17.9. The summed E-state index contributed by atoms with van der Waals surface area (Å²) in [6.45, 7) is 7.16. The molecule has 2 aromatic rings. The third-order valence-electron chi connectivity index (χ3n) is 5.47. The quantitative estimate of drug-likeness (QED) is 0.797. The lowest BCUT2D eigenvalue weighted by atomic mass is 9.89. The summed E-state index contributed by atoms with van der Waals surface area (Å²) in [5, 5.41) is 0. The number of rotatable bonds is 5. The van der Waals surface area contributed by atoms with Crippen molar-refractivity contribution in [3.05, 3.63) is 41.6 Å². The Labute approximate surface area is 168 Å². The van der Waals surface area contributed by atoms with E-state index in [0.29, 0.717) is 11.4 Å². The van der Waals surface area contributed by atoms with Gasteiger partial charge in [0.1, 0.15) is 5.82 Å². The highest BCUT2D eigenvalue weighted by Gasteiger charge is 2.34. The number of hydrogen-bond acceptors (Lipinski definition) is 5. The van der Waals surface area contributed by atoms with Gasteiger partial charge >= 0.3 is 0 Å². The molecule has 0 spiro atoms. The van der Waals surface area contributed by atoms with Crippen LogP contribution in [0.3, 0.4) is 0 Å². The van der Waals surface area contributed by atoms with Crippen LogP contribution in [0.4, 0.5) is 5.82 Å². The van der Waals surface area contributed by atoms with Gasteiger partial charge in [0, 0.05) is 57.1 Å². The first-order chi connectivity index (χ1) is 13.2. The summed E-state index contributed by atoms with van der Waals surface area (Å²) in [6.07, 6.45) is 2.96. The standard InChI is InChI=1S/C22H31N5O/c1-16-13-23-19(24-20(16)25(3)4)17-7-9-18(10-8-17)21(28)27(6)15-22(2)11-12-26(5)14-22/h7-10,13H,11-12,14-15H2,1-6H3/t22-/m1/s1. The third kappa shape index (κ3) is 4.33. The molecule has 1 fully saturated rings. The van der Waals surface area contributed by atoms with Crippen molar-refractivity contribution in [1.82, 2.24) is 19.8 Å². The minimum absolute atomic E-state index is 0.0566. The smallest absolute Gasteiger partial charge is 0.253 e. The molecular formula is C22H31N5O. The maximum Gasteiger partial charge on any atom is 0.253 e. The minimum atomic E-state index is 0.0566. The lowest BCUT2D eigenvalue weighted by Crippen LogP contribution is -2.38. The van der Waals surface area contributed by atoms with Crippen molar-refractivity contribution in [3.63, 3.8) is 0 Å². The van der Waals surface area contributed by atoms with Gasteiger partial charge in [-0.3, -0.25) is 4.79 Å². The van der Waals surface area contributed by atoms with Crippen molar-refractivity contribution in [2.45, 2.75) is 20.3 Å². The lowest BCUT2D eigenvalue weighted by Gasteiger charge is -2.30. The highest BCUT2D eigenvalue weighted by molar-refractivity contribution is 5.94. The molecule has 28 heavy (non-hydrogen) atoms. The van der Waals surface area contributed by atoms with Crippen LogP contribution >= 0.6 is 0 Å². The molecule has 1 aliphatic rings. The SMILES string of the molecule is Cc1cnc(-c2ccc(C(=O)N(C)C[C@]3(C)CCN(C)C3)cc2)nc1N(C)C. The van der Waals surface area contributed by atoms with Gasteiger partial charge in [-0.15, -0.1) is 0 Å². The fourth-order valence-electron chi connectivity index (χ4n) is 4.05. The highest BCUT2D eigenvalue weighted by atomic mass is 16.2. The number of carbonyl (C=O) groups is 1. The van der Waals surface area contributed by atoms with E-state index in [2.05, 4.69) is 28.8 Å². The Morgan fingerprint density at radius 1 is 1.21 bits per heavy atom. The van der Waals surface area contributed by atoms with Gasteiger partial charge in [0.05, 0.1) is 0 Å². The van der Waals surface area contributed by atoms with Crippen molar-refractivity contribution in [2.24, 2.45) is 5.41 Å². The van der Waals surface area contributed by atoms with Crippen molar-refractivity contribution >= 4 is 11.7 Å². The minimum Gasteiger partial charge on any atom is -0.362 e. The number of amides is 1. The molecule has 0 unspecified atom stereocenters. The predicted molar refractivity (Wildman–Crippen MR) is 114 cm³/mol. The van der Waals surface area contributed by atoms with Crippen LogP contribution in [0.2, 0.25) is 0 Å². The van der Waals surface area contributed by atoms with Gasteiger partial charge in [-0.1, -0.05) is 19.1 Å². The molecule has 1 aromatic heterocycles. The summed E-state index contributed by atoms with van der Waals surface area (Å²) in [4.78, 5) is 28.1. The van der Waals surface area contributed by atoms with Crippen LogP contribution in [0.5, 0.6) is 0 Å². The Hall–Kier alpha value is -2.47. The van der Waals surface area contributed by atoms with Gasteiger partial charge in [0.25, 0.3) is 5.91 Å². The predicted octanol–water partition coefficient (Wildman–Crippen LogP) is 2.93. The number of carbonyl (C=O) groups excluding carboxylic acids is 1. The summed E-state index contributed by atoms with van der Waals surface area (Å²) in [5.41, 5.74) is 2.80. The van der Waals surface area contributed by atoms with E-state index >= 15 is 0 Å². The second-order valence-corrected chi connectivity index (χ2v) is 8.63. The van der Waals surface area contributed by atoms with E-state index < -0.39 is 0 Å². The van der Waals surface area contributed by atoms with E-state index in [9.17, 15) is 4.79 Å². The van der Waals surface area contributed by atoms with E-state index in [1.165, 1.54) is 0 Å². The molecule has 1 saturated heterocycles. The first-order valence-electron chi connectivity index (χ1n) is 9.74. The van der Waals surface area contributed by atoms with Gasteiger partial charge < -0.3 is 14.7 Å². The fourth-order valence-corrected chi connectivity index (χ4v) is 4.05. The van der Waals surface area contributed by atoms with Crippen LogP contribution in [0.25, 0.3) is 11.4 Å². The number of benzene rings is 1. The summed E-state index contributed by atoms with van der Waals surface area (Å²) in [7, 11) is 7.98. The van der Waals surface area contributed by atoms with Crippen molar-refractivity contribution in [1.29, 1.82) is 0 Å². The van der Waals surface area contributed by atoms with Gasteiger partial charge in [-0.2, -0.15) is 0 Å². The second kappa shape index (κ2) is 7.87. The molecule has 3 rings (SSSR count). The molecular weight excluding hydrogens is 350 g/mol. The molecule has 150 valence electrons. The van der Waals surface area contributed by atoms with E-state index in [4.69, 9.17) is 0 Å². The van der Waals surface area contributed by atoms with Crippen LogP contribution in [0.15, 0.2) is 30.5 Å². The van der Waals surface area contributed by atoms with Crippen LogP contribution in [-0.2, 0) is 0 Å². The molecule has 0 N–H and O–H groups in total. The molecule has 1 atom stereocenters. The Balaban J connectivity index is 1.73. The second-order valence-electron chi connectivity index (χ2n) is 8.63. The topological polar surface area (TPSA) is 52.6 Å². The fraction of sp³-hybridized carbons (Fsp3) is 0.500. The largest absolute Gasteiger partial charge is 0.362 e. The molecule has 1 aliphatic heterocycles. The van der Waals surface area contributed by atoms with E-state index in [1.54, 1.807) is 0 Å². The normalized spacial score (nSPS) is 19.6. The number of hydrogen-bond donors (Lipinski definition) is 0. The van der Waals surface area contributed by atoms with E-state index in [0.717, 1.165) is 43.0 Å². The molecule has 1 aromatic carbocycles. The number of nitrogens with zero attached hydrogens (tertiary/aromatic N) is 5. The number of anilines is 1. The maximum absolute atomic E-state index is 12.9. The number of aromatic nitrogens is 2. The van der Waals surface area contributed by atoms with Gasteiger partial charge in [0.2, 0.25) is 0 Å².